The first-order chi connectivity index (χ1) is 15.0. The van der Waals surface area contributed by atoms with Gasteiger partial charge in [-0.05, 0) is 38.8 Å². The number of fused-ring (bicyclic) bond motifs is 3. The van der Waals surface area contributed by atoms with Gasteiger partial charge in [0.2, 0.25) is 5.78 Å². The van der Waals surface area contributed by atoms with Gasteiger partial charge in [0.25, 0.3) is 0 Å². The van der Waals surface area contributed by atoms with Gasteiger partial charge in [-0.3, -0.25) is 14.4 Å². The molecule has 1 aliphatic carbocycles. The lowest BCUT2D eigenvalue weighted by Crippen LogP contribution is -2.48. The average Bonchev–Trinajstić information content (AvgIpc) is 3.01. The molecule has 2 aliphatic heterocycles. The largest absolute Gasteiger partial charge is 0.465 e. The Hall–Kier alpha value is -2.44. The minimum Gasteiger partial charge on any atom is -0.465 e. The number of hydrogen-bond donors (Lipinski definition) is 1. The van der Waals surface area contributed by atoms with E-state index in [-0.39, 0.29) is 11.5 Å². The predicted molar refractivity (Wildman–Crippen MR) is 120 cm³/mol. The Morgan fingerprint density at radius 3 is 2.66 bits per heavy atom. The molecule has 32 heavy (non-hydrogen) atoms. The molecule has 6 nitrogen and oxygen atoms in total. The highest BCUT2D eigenvalue weighted by atomic mass is 35.5. The number of carbonyl (C=O) groups excluding carboxylic acids is 3. The maximum Gasteiger partial charge on any atom is 0.318 e. The van der Waals surface area contributed by atoms with Crippen molar-refractivity contribution in [2.24, 2.45) is 17.8 Å². The summed E-state index contributed by atoms with van der Waals surface area (Å²) in [6.07, 6.45) is 8.83. The minimum absolute atomic E-state index is 0.0625. The fourth-order valence-corrected chi connectivity index (χ4v) is 4.69. The van der Waals surface area contributed by atoms with Crippen molar-refractivity contribution in [3.05, 3.63) is 58.1 Å². The summed E-state index contributed by atoms with van der Waals surface area (Å²) in [5.74, 6) is -2.97. The Morgan fingerprint density at radius 1 is 1.34 bits per heavy atom. The number of rotatable bonds is 7. The molecule has 0 radical (unpaired) electrons. The van der Waals surface area contributed by atoms with Crippen LogP contribution in [0.2, 0.25) is 0 Å². The summed E-state index contributed by atoms with van der Waals surface area (Å²) in [5.41, 5.74) is 0.366. The van der Waals surface area contributed by atoms with Crippen molar-refractivity contribution in [1.29, 1.82) is 0 Å². The van der Waals surface area contributed by atoms with Gasteiger partial charge in [0.05, 0.1) is 23.3 Å². The molecule has 7 heteroatoms. The number of ether oxygens (including phenoxy) is 2. The molecule has 3 aliphatic rings. The van der Waals surface area contributed by atoms with Crippen LogP contribution in [0.15, 0.2) is 58.1 Å². The molecule has 0 aromatic rings. The smallest absolute Gasteiger partial charge is 0.318 e. The highest BCUT2D eigenvalue weighted by Crippen LogP contribution is 2.52. The van der Waals surface area contributed by atoms with Crippen molar-refractivity contribution in [2.75, 3.05) is 0 Å². The highest BCUT2D eigenvalue weighted by molar-refractivity contribution is 6.45. The van der Waals surface area contributed by atoms with E-state index >= 15 is 0 Å². The lowest BCUT2D eigenvalue weighted by atomic mass is 9.67. The van der Waals surface area contributed by atoms with Crippen LogP contribution in [0, 0.1) is 17.8 Å². The van der Waals surface area contributed by atoms with E-state index in [0.717, 1.165) is 12.0 Å². The van der Waals surface area contributed by atoms with Gasteiger partial charge in [-0.2, -0.15) is 0 Å². The molecule has 0 aromatic heterocycles. The lowest BCUT2D eigenvalue weighted by Gasteiger charge is -2.36. The average molecular weight is 461 g/mol. The van der Waals surface area contributed by atoms with Crippen LogP contribution in [0.25, 0.3) is 0 Å². The molecular formula is C25H29ClO6. The summed E-state index contributed by atoms with van der Waals surface area (Å²) in [7, 11) is 0. The number of halogens is 1. The first kappa shape index (κ1) is 24.2. The molecule has 0 amide bonds. The molecule has 0 saturated carbocycles. The lowest BCUT2D eigenvalue weighted by molar-refractivity contribution is -0.156. The van der Waals surface area contributed by atoms with Gasteiger partial charge < -0.3 is 14.6 Å². The van der Waals surface area contributed by atoms with Crippen molar-refractivity contribution in [3.63, 3.8) is 0 Å². The van der Waals surface area contributed by atoms with Crippen molar-refractivity contribution in [2.45, 2.75) is 59.2 Å². The molecule has 0 spiro atoms. The third kappa shape index (κ3) is 4.39. The first-order valence-electron chi connectivity index (χ1n) is 10.8. The fourth-order valence-electron chi connectivity index (χ4n) is 4.34. The summed E-state index contributed by atoms with van der Waals surface area (Å²) >= 11 is 6.41. The second kappa shape index (κ2) is 9.20. The number of esters is 1. The molecule has 3 rings (SSSR count). The third-order valence-corrected chi connectivity index (χ3v) is 6.56. The number of hydrogen-bond acceptors (Lipinski definition) is 6. The van der Waals surface area contributed by atoms with E-state index < -0.39 is 41.1 Å². The molecule has 0 aromatic carbocycles. The van der Waals surface area contributed by atoms with Crippen LogP contribution in [0.5, 0.6) is 0 Å². The molecule has 2 heterocycles. The zero-order valence-electron chi connectivity index (χ0n) is 19.0. The second-order valence-electron chi connectivity index (χ2n) is 8.93. The zero-order valence-corrected chi connectivity index (χ0v) is 19.7. The monoisotopic (exact) mass is 460 g/mol. The number of Topliss-reactive ketones (excluding diaryl/α,β-unsaturated/α-hetero) is 2. The number of carbonyl (C=O) groups is 3. The normalized spacial score (nSPS) is 29.7. The van der Waals surface area contributed by atoms with E-state index in [9.17, 15) is 19.5 Å². The maximum absolute atomic E-state index is 13.1. The number of aliphatic hydroxyl groups is 1. The highest BCUT2D eigenvalue weighted by Gasteiger charge is 2.64. The first-order valence-corrected chi connectivity index (χ1v) is 11.2. The zero-order chi connectivity index (χ0) is 23.8. The minimum atomic E-state index is -1.59. The van der Waals surface area contributed by atoms with Crippen molar-refractivity contribution in [3.8, 4) is 0 Å². The molecule has 0 bridgehead atoms. The van der Waals surface area contributed by atoms with Gasteiger partial charge in [-0.25, -0.2) is 0 Å². The van der Waals surface area contributed by atoms with Crippen LogP contribution in [0.3, 0.4) is 0 Å². The van der Waals surface area contributed by atoms with E-state index in [4.69, 9.17) is 21.1 Å². The van der Waals surface area contributed by atoms with E-state index in [1.165, 1.54) is 20.1 Å². The number of ketones is 2. The topological polar surface area (TPSA) is 89.9 Å². The quantitative estimate of drug-likeness (QED) is 0.346. The summed E-state index contributed by atoms with van der Waals surface area (Å²) in [6.45, 7) is 9.19. The van der Waals surface area contributed by atoms with Gasteiger partial charge >= 0.3 is 5.97 Å². The van der Waals surface area contributed by atoms with E-state index in [1.807, 2.05) is 13.0 Å². The van der Waals surface area contributed by atoms with Gasteiger partial charge in [0.15, 0.2) is 5.60 Å². The summed E-state index contributed by atoms with van der Waals surface area (Å²) in [6, 6.07) is 0. The maximum atomic E-state index is 13.1. The van der Waals surface area contributed by atoms with E-state index in [0.29, 0.717) is 22.8 Å². The van der Waals surface area contributed by atoms with Gasteiger partial charge in [-0.1, -0.05) is 49.6 Å². The Balaban J connectivity index is 1.97. The Kier molecular flexibility index (Phi) is 6.96. The van der Waals surface area contributed by atoms with Crippen LogP contribution in [0.1, 0.15) is 47.5 Å². The molecule has 1 N–H and O–H groups in total. The Labute approximate surface area is 193 Å². The molecule has 1 saturated heterocycles. The molecular weight excluding hydrogens is 432 g/mol. The standard InChI is InChI=1S/C25H29ClO6/c1-6-13(2)9-14(3)7-8-16-11-17-18(12-31-16)21-20(19(28)10-15(4)27)24(30)32-25(21,5)23(29)22(17)26/h7-9,11-13,15,20-21,27H,6,10H2,1-5H3/b8-7?,14-9+/t13-,15+,20+,21+,25-/m0/s1. The Morgan fingerprint density at radius 2 is 2.03 bits per heavy atom. The van der Waals surface area contributed by atoms with Gasteiger partial charge in [0.1, 0.15) is 17.5 Å². The van der Waals surface area contributed by atoms with Gasteiger partial charge in [0, 0.05) is 17.6 Å². The third-order valence-electron chi connectivity index (χ3n) is 6.18. The fraction of sp³-hybridized carbons (Fsp3) is 0.480. The molecule has 172 valence electrons. The molecule has 5 atom stereocenters. The second-order valence-corrected chi connectivity index (χ2v) is 9.30. The molecule has 0 unspecified atom stereocenters. The van der Waals surface area contributed by atoms with E-state index in [1.54, 1.807) is 12.2 Å². The Bertz CT molecular complexity index is 996. The van der Waals surface area contributed by atoms with Crippen LogP contribution in [-0.2, 0) is 23.9 Å². The molecule has 1 fully saturated rings. The SMILES string of the molecule is CC[C@H](C)/C=C(\C)C=CC1=CC2=C(Cl)C(=O)[C@@]3(C)OC(=O)[C@H](C(=O)C[C@@H](C)O)[C@H]3C2=CO1. The van der Waals surface area contributed by atoms with E-state index in [2.05, 4.69) is 19.9 Å². The van der Waals surface area contributed by atoms with Gasteiger partial charge in [-0.15, -0.1) is 0 Å². The van der Waals surface area contributed by atoms with Crippen molar-refractivity contribution >= 4 is 29.1 Å². The summed E-state index contributed by atoms with van der Waals surface area (Å²) in [5, 5.41) is 9.57. The number of aliphatic hydroxyl groups excluding tert-OH is 1. The van der Waals surface area contributed by atoms with Crippen LogP contribution >= 0.6 is 11.6 Å². The summed E-state index contributed by atoms with van der Waals surface area (Å²) in [4.78, 5) is 38.5. The van der Waals surface area contributed by atoms with Crippen LogP contribution in [-0.4, -0.2) is 34.3 Å². The van der Waals surface area contributed by atoms with Crippen molar-refractivity contribution in [1.82, 2.24) is 0 Å². The van der Waals surface area contributed by atoms with Crippen LogP contribution < -0.4 is 0 Å². The summed E-state index contributed by atoms with van der Waals surface area (Å²) < 4.78 is 11.2. The number of allylic oxidation sites excluding steroid dienone is 6. The van der Waals surface area contributed by atoms with Crippen LogP contribution in [0.4, 0.5) is 0 Å². The predicted octanol–water partition coefficient (Wildman–Crippen LogP) is 4.30. The van der Waals surface area contributed by atoms with Crippen molar-refractivity contribution < 1.29 is 29.0 Å².